The van der Waals surface area contributed by atoms with Crippen LogP contribution in [0.2, 0.25) is 5.02 Å². The Labute approximate surface area is 212 Å². The van der Waals surface area contributed by atoms with E-state index in [9.17, 15) is 0 Å². The van der Waals surface area contributed by atoms with Crippen LogP contribution in [0.5, 0.6) is 0 Å². The van der Waals surface area contributed by atoms with Crippen LogP contribution in [0, 0.1) is 0 Å². The van der Waals surface area contributed by atoms with E-state index in [1.54, 1.807) is 0 Å². The summed E-state index contributed by atoms with van der Waals surface area (Å²) in [5.74, 6) is 1.43. The molecule has 4 N–H and O–H groups in total. The first-order chi connectivity index (χ1) is 15.2. The van der Waals surface area contributed by atoms with Crippen LogP contribution >= 0.6 is 36.4 Å². The molecule has 1 aromatic carbocycles. The van der Waals surface area contributed by atoms with E-state index in [-0.39, 0.29) is 24.8 Å². The van der Waals surface area contributed by atoms with E-state index >= 15 is 0 Å². The van der Waals surface area contributed by atoms with Gasteiger partial charge in [0, 0.05) is 29.7 Å². The molecule has 2 heterocycles. The molecule has 3 aromatic rings. The summed E-state index contributed by atoms with van der Waals surface area (Å²) < 4.78 is 2.25. The number of fused-ring (bicyclic) bond motifs is 1. The zero-order valence-electron chi connectivity index (χ0n) is 18.5. The number of anilines is 2. The Morgan fingerprint density at radius 1 is 1.03 bits per heavy atom. The molecule has 0 bridgehead atoms. The lowest BCUT2D eigenvalue weighted by Gasteiger charge is -2.27. The van der Waals surface area contributed by atoms with Crippen molar-refractivity contribution in [3.8, 4) is 0 Å². The molecule has 0 aliphatic heterocycles. The molecule has 2 saturated carbocycles. The molecule has 0 radical (unpaired) electrons. The lowest BCUT2D eigenvalue weighted by atomic mass is 9.92. The van der Waals surface area contributed by atoms with Gasteiger partial charge in [-0.1, -0.05) is 36.6 Å². The average molecular weight is 513 g/mol. The van der Waals surface area contributed by atoms with Gasteiger partial charge in [0.25, 0.3) is 0 Å². The zero-order valence-corrected chi connectivity index (χ0v) is 20.9. The maximum atomic E-state index is 6.15. The summed E-state index contributed by atoms with van der Waals surface area (Å²) in [5, 5.41) is 7.77. The van der Waals surface area contributed by atoms with Gasteiger partial charge in [-0.25, -0.2) is 4.98 Å². The predicted molar refractivity (Wildman–Crippen MR) is 140 cm³/mol. The molecular formula is C23H32Cl3N7. The monoisotopic (exact) mass is 511 g/mol. The third-order valence-electron chi connectivity index (χ3n) is 6.59. The lowest BCUT2D eigenvalue weighted by Crippen LogP contribution is -2.33. The molecule has 0 unspecified atom stereocenters. The number of halogens is 3. The van der Waals surface area contributed by atoms with E-state index in [4.69, 9.17) is 32.3 Å². The van der Waals surface area contributed by atoms with E-state index < -0.39 is 0 Å². The van der Waals surface area contributed by atoms with Crippen LogP contribution in [-0.4, -0.2) is 31.6 Å². The Morgan fingerprint density at radius 2 is 1.79 bits per heavy atom. The second kappa shape index (κ2) is 11.6. The van der Waals surface area contributed by atoms with Gasteiger partial charge >= 0.3 is 0 Å². The Morgan fingerprint density at radius 3 is 2.52 bits per heavy atom. The van der Waals surface area contributed by atoms with E-state index in [0.717, 1.165) is 53.3 Å². The number of benzene rings is 1. The molecule has 2 aliphatic carbocycles. The molecule has 0 atom stereocenters. The van der Waals surface area contributed by atoms with Gasteiger partial charge in [0.2, 0.25) is 5.95 Å². The Balaban J connectivity index is 0.00000153. The topological polar surface area (TPSA) is 93.7 Å². The van der Waals surface area contributed by atoms with Crippen LogP contribution in [0.1, 0.15) is 63.0 Å². The van der Waals surface area contributed by atoms with Gasteiger partial charge < -0.3 is 20.9 Å². The number of aromatic nitrogens is 4. The first-order valence-electron chi connectivity index (χ1n) is 11.4. The van der Waals surface area contributed by atoms with Crippen molar-refractivity contribution in [1.29, 1.82) is 0 Å². The number of imidazole rings is 1. The second-order valence-corrected chi connectivity index (χ2v) is 9.33. The number of nitrogens with two attached hydrogens (primary N) is 1. The first-order valence-corrected chi connectivity index (χ1v) is 11.8. The summed E-state index contributed by atoms with van der Waals surface area (Å²) in [4.78, 5) is 14.4. The number of nitrogens with zero attached hydrogens (tertiary/aromatic N) is 4. The van der Waals surface area contributed by atoms with Crippen molar-refractivity contribution in [2.45, 2.75) is 76.0 Å². The summed E-state index contributed by atoms with van der Waals surface area (Å²) >= 11 is 6.15. The summed E-state index contributed by atoms with van der Waals surface area (Å²) in [6, 6.07) is 9.02. The Kier molecular flexibility index (Phi) is 9.04. The van der Waals surface area contributed by atoms with E-state index in [1.807, 2.05) is 24.5 Å². The van der Waals surface area contributed by atoms with E-state index in [2.05, 4.69) is 21.3 Å². The average Bonchev–Trinajstić information content (AvgIpc) is 3.43. The number of hydrogen-bond acceptors (Lipinski definition) is 6. The second-order valence-electron chi connectivity index (χ2n) is 8.90. The molecule has 5 rings (SSSR count). The SMILES string of the molecule is Cl.Cl.N[C@H]1CC[C@H](Nc2nc(NCc3cccc(Cl)c3)c3ncn(C4CCCC4)c3n2)CC1. The van der Waals surface area contributed by atoms with Gasteiger partial charge in [0.15, 0.2) is 17.0 Å². The minimum absolute atomic E-state index is 0. The van der Waals surface area contributed by atoms with Crippen molar-refractivity contribution in [2.75, 3.05) is 10.6 Å². The van der Waals surface area contributed by atoms with Crippen LogP contribution in [-0.2, 0) is 6.54 Å². The summed E-state index contributed by atoms with van der Waals surface area (Å²) in [6.45, 7) is 0.626. The number of nitrogens with one attached hydrogen (secondary N) is 2. The van der Waals surface area contributed by atoms with Gasteiger partial charge in [-0.2, -0.15) is 9.97 Å². The molecule has 0 amide bonds. The highest BCUT2D eigenvalue weighted by molar-refractivity contribution is 6.30. The summed E-state index contributed by atoms with van der Waals surface area (Å²) in [7, 11) is 0. The smallest absolute Gasteiger partial charge is 0.227 e. The molecule has 0 spiro atoms. The molecule has 180 valence electrons. The molecular weight excluding hydrogens is 481 g/mol. The van der Waals surface area contributed by atoms with Gasteiger partial charge in [-0.15, -0.1) is 24.8 Å². The number of hydrogen-bond donors (Lipinski definition) is 3. The highest BCUT2D eigenvalue weighted by Crippen LogP contribution is 2.33. The third-order valence-corrected chi connectivity index (χ3v) is 6.83. The molecule has 33 heavy (non-hydrogen) atoms. The largest absolute Gasteiger partial charge is 0.364 e. The van der Waals surface area contributed by atoms with Crippen molar-refractivity contribution in [2.24, 2.45) is 5.73 Å². The molecule has 2 fully saturated rings. The van der Waals surface area contributed by atoms with Gasteiger partial charge in [0.05, 0.1) is 6.33 Å². The molecule has 2 aliphatic rings. The molecule has 7 nitrogen and oxygen atoms in total. The van der Waals surface area contributed by atoms with Crippen molar-refractivity contribution in [3.63, 3.8) is 0 Å². The van der Waals surface area contributed by atoms with Crippen LogP contribution in [0.15, 0.2) is 30.6 Å². The quantitative estimate of drug-likeness (QED) is 0.390. The first kappa shape index (κ1) is 25.8. The highest BCUT2D eigenvalue weighted by Gasteiger charge is 2.23. The van der Waals surface area contributed by atoms with Crippen molar-refractivity contribution < 1.29 is 0 Å². The molecule has 2 aromatic heterocycles. The van der Waals surface area contributed by atoms with Crippen molar-refractivity contribution in [3.05, 3.63) is 41.2 Å². The normalized spacial score (nSPS) is 20.8. The maximum Gasteiger partial charge on any atom is 0.227 e. The molecule has 0 saturated heterocycles. The zero-order chi connectivity index (χ0) is 21.2. The fourth-order valence-corrected chi connectivity index (χ4v) is 5.05. The van der Waals surface area contributed by atoms with E-state index in [0.29, 0.717) is 30.6 Å². The third kappa shape index (κ3) is 6.01. The van der Waals surface area contributed by atoms with Crippen LogP contribution in [0.25, 0.3) is 11.2 Å². The van der Waals surface area contributed by atoms with Crippen LogP contribution in [0.4, 0.5) is 11.8 Å². The lowest BCUT2D eigenvalue weighted by molar-refractivity contribution is 0.410. The summed E-state index contributed by atoms with van der Waals surface area (Å²) in [6.07, 6.45) is 11.0. The fraction of sp³-hybridized carbons (Fsp3) is 0.522. The number of rotatable bonds is 6. The maximum absolute atomic E-state index is 6.15. The minimum Gasteiger partial charge on any atom is -0.364 e. The highest BCUT2D eigenvalue weighted by atomic mass is 35.5. The van der Waals surface area contributed by atoms with Gasteiger partial charge in [0.1, 0.15) is 0 Å². The minimum atomic E-state index is 0. The van der Waals surface area contributed by atoms with Gasteiger partial charge in [-0.3, -0.25) is 0 Å². The standard InChI is InChI=1S/C23H30ClN7.2ClH/c24-16-5-3-4-15(12-16)13-26-21-20-22(31(14-27-20)19-6-1-2-7-19)30-23(29-21)28-18-10-8-17(25)9-11-18;;/h3-5,12,14,17-19H,1-2,6-11,13,25H2,(H2,26,28,29,30);2*1H/t17-,18-;;. The fourth-order valence-electron chi connectivity index (χ4n) is 4.83. The van der Waals surface area contributed by atoms with Crippen molar-refractivity contribution >= 4 is 59.3 Å². The Hall–Kier alpha value is -1.80. The van der Waals surface area contributed by atoms with Gasteiger partial charge in [-0.05, 0) is 56.2 Å². The van der Waals surface area contributed by atoms with Crippen LogP contribution < -0.4 is 16.4 Å². The predicted octanol–water partition coefficient (Wildman–Crippen LogP) is 5.73. The van der Waals surface area contributed by atoms with E-state index in [1.165, 1.54) is 25.7 Å². The Bertz CT molecular complexity index is 1040. The molecule has 10 heteroatoms. The summed E-state index contributed by atoms with van der Waals surface area (Å²) in [5.41, 5.74) is 8.91. The van der Waals surface area contributed by atoms with Crippen LogP contribution in [0.3, 0.4) is 0 Å². The van der Waals surface area contributed by atoms with Crippen molar-refractivity contribution in [1.82, 2.24) is 19.5 Å².